The van der Waals surface area contributed by atoms with E-state index in [0.29, 0.717) is 19.8 Å². The summed E-state index contributed by atoms with van der Waals surface area (Å²) in [5.41, 5.74) is 7.78. The Morgan fingerprint density at radius 1 is 0.264 bits per heavy atom. The molecule has 8 aromatic rings. The summed E-state index contributed by atoms with van der Waals surface area (Å²) in [7, 11) is 0. The molecule has 1 unspecified atom stereocenters. The summed E-state index contributed by atoms with van der Waals surface area (Å²) >= 11 is 0. The highest BCUT2D eigenvalue weighted by Crippen LogP contribution is 2.40. The predicted molar refractivity (Wildman–Crippen MR) is 324 cm³/mol. The third-order valence-electron chi connectivity index (χ3n) is 16.0. The van der Waals surface area contributed by atoms with E-state index in [1.165, 1.54) is 0 Å². The molecule has 14 nitrogen and oxygen atoms in total. The summed E-state index contributed by atoms with van der Waals surface area (Å²) in [6.07, 6.45) is -11.5. The molecule has 0 saturated carbocycles. The van der Waals surface area contributed by atoms with Crippen LogP contribution >= 0.6 is 0 Å². The van der Waals surface area contributed by atoms with Crippen molar-refractivity contribution in [1.82, 2.24) is 0 Å². The van der Waals surface area contributed by atoms with Crippen LogP contribution in [-0.2, 0) is 119 Å². The van der Waals surface area contributed by atoms with E-state index in [1.54, 1.807) is 0 Å². The Labute approximate surface area is 510 Å². The van der Waals surface area contributed by atoms with Gasteiger partial charge in [0.05, 0.1) is 72.7 Å². The van der Waals surface area contributed by atoms with Gasteiger partial charge < -0.3 is 66.3 Å². The van der Waals surface area contributed by atoms with Crippen LogP contribution in [0.4, 0.5) is 0 Å². The first-order valence-electron chi connectivity index (χ1n) is 30.2. The molecular weight excluding hydrogens is 1100 g/mol. The first-order valence-corrected chi connectivity index (χ1v) is 30.2. The second-order valence-corrected chi connectivity index (χ2v) is 22.2. The van der Waals surface area contributed by atoms with Crippen LogP contribution in [0.25, 0.3) is 0 Å². The SMILES string of the molecule is c1ccc(COC[C@H]2O[C@@H](O[C@H]3[C@H](OCc4ccccc4)[C@@H](OCc4ccccc4)[C@H](O[C@H]4C(OCc5ccccc5)[C@@H]5OC[C@H]4O5)O[C@@H]3COCc3ccccc3)[C@H](OCc3ccccc3)[C@@H](OCc3ccccc3)[C@H]2OCc2ccccc2)cc1. The molecule has 0 aromatic heterocycles. The summed E-state index contributed by atoms with van der Waals surface area (Å²) in [4.78, 5) is 0. The number of hydrogen-bond donors (Lipinski definition) is 0. The molecule has 2 bridgehead atoms. The van der Waals surface area contributed by atoms with Gasteiger partial charge in [-0.15, -0.1) is 0 Å². The average molecular weight is 1180 g/mol. The van der Waals surface area contributed by atoms with Crippen molar-refractivity contribution in [2.45, 2.75) is 139 Å². The fraction of sp³-hybridized carbons (Fsp3) is 0.342. The van der Waals surface area contributed by atoms with Crippen LogP contribution in [0.2, 0.25) is 0 Å². The zero-order valence-electron chi connectivity index (χ0n) is 48.7. The zero-order chi connectivity index (χ0) is 58.7. The van der Waals surface area contributed by atoms with E-state index in [4.69, 9.17) is 66.3 Å². The molecule has 14 heteroatoms. The molecule has 0 aliphatic carbocycles. The lowest BCUT2D eigenvalue weighted by molar-refractivity contribution is -0.383. The van der Waals surface area contributed by atoms with E-state index in [-0.39, 0.29) is 52.9 Å². The van der Waals surface area contributed by atoms with Gasteiger partial charge in [-0.3, -0.25) is 0 Å². The van der Waals surface area contributed by atoms with E-state index < -0.39 is 86.0 Å². The van der Waals surface area contributed by atoms with E-state index in [0.717, 1.165) is 44.5 Å². The van der Waals surface area contributed by atoms with Crippen molar-refractivity contribution in [3.8, 4) is 0 Å². The van der Waals surface area contributed by atoms with Crippen molar-refractivity contribution in [2.24, 2.45) is 0 Å². The molecule has 8 aromatic carbocycles. The molecule has 452 valence electrons. The van der Waals surface area contributed by atoms with Gasteiger partial charge in [0, 0.05) is 0 Å². The number of rotatable bonds is 30. The molecule has 0 amide bonds. The van der Waals surface area contributed by atoms with Crippen molar-refractivity contribution < 1.29 is 66.3 Å². The number of benzene rings is 8. The maximum Gasteiger partial charge on any atom is 0.187 e. The first-order chi connectivity index (χ1) is 43.1. The standard InChI is InChI=1S/C73H76O14/c1-9-25-52(26-10-1)41-74-49-60-63(76-43-54-29-13-3-14-30-54)66(77-44-55-31-15-4-16-32-55)69(80-47-58-37-21-7-22-38-58)72(84-60)86-64-61(50-75-42-53-27-11-2-12-28-53)85-73(87-65-62-51-82-71(83-62)68(65)79-46-57-35-19-6-20-36-57)70(81-48-59-39-23-8-24-40-59)67(64)78-45-56-33-17-5-18-34-56/h1-40,60-73H,41-51H2/t60-,61-,62-,63+,64-,65-,66+,67+,68?,69-,70-,71-,72+,73+/m1/s1. The highest BCUT2D eigenvalue weighted by atomic mass is 16.8. The van der Waals surface area contributed by atoms with Gasteiger partial charge in [-0.1, -0.05) is 243 Å². The van der Waals surface area contributed by atoms with Gasteiger partial charge in [-0.2, -0.15) is 0 Å². The van der Waals surface area contributed by atoms with Crippen molar-refractivity contribution in [1.29, 1.82) is 0 Å². The third kappa shape index (κ3) is 16.7. The number of hydrogen-bond acceptors (Lipinski definition) is 14. The monoisotopic (exact) mass is 1180 g/mol. The van der Waals surface area contributed by atoms with Gasteiger partial charge >= 0.3 is 0 Å². The van der Waals surface area contributed by atoms with Crippen LogP contribution in [-0.4, -0.2) is 106 Å². The third-order valence-corrected chi connectivity index (χ3v) is 16.0. The van der Waals surface area contributed by atoms with Crippen molar-refractivity contribution in [2.75, 3.05) is 19.8 Å². The molecule has 4 heterocycles. The number of fused-ring (bicyclic) bond motifs is 2. The molecular formula is C73H76O14. The lowest BCUT2D eigenvalue weighted by Gasteiger charge is -2.50. The van der Waals surface area contributed by atoms with E-state index in [2.05, 4.69) is 0 Å². The van der Waals surface area contributed by atoms with Gasteiger partial charge in [-0.05, 0) is 44.5 Å². The summed E-state index contributed by atoms with van der Waals surface area (Å²) in [5.74, 6) is 0. The fourth-order valence-corrected chi connectivity index (χ4v) is 11.5. The lowest BCUT2D eigenvalue weighted by atomic mass is 9.95. The average Bonchev–Trinajstić information content (AvgIpc) is 2.21. The largest absolute Gasteiger partial charge is 0.374 e. The summed E-state index contributed by atoms with van der Waals surface area (Å²) in [6.45, 7) is 2.47. The summed E-state index contributed by atoms with van der Waals surface area (Å²) in [6, 6.07) is 80.4. The van der Waals surface area contributed by atoms with Crippen molar-refractivity contribution in [3.05, 3.63) is 287 Å². The molecule has 14 atom stereocenters. The molecule has 4 saturated heterocycles. The Morgan fingerprint density at radius 3 is 0.897 bits per heavy atom. The van der Waals surface area contributed by atoms with Crippen LogP contribution in [0, 0.1) is 0 Å². The van der Waals surface area contributed by atoms with Gasteiger partial charge in [-0.25, -0.2) is 0 Å². The Balaban J connectivity index is 0.942. The first kappa shape index (κ1) is 60.5. The van der Waals surface area contributed by atoms with Crippen LogP contribution in [0.15, 0.2) is 243 Å². The molecule has 0 N–H and O–H groups in total. The molecule has 87 heavy (non-hydrogen) atoms. The van der Waals surface area contributed by atoms with Gasteiger partial charge in [0.15, 0.2) is 18.9 Å². The Morgan fingerprint density at radius 2 is 0.540 bits per heavy atom. The topological polar surface area (TPSA) is 129 Å². The molecule has 4 aliphatic rings. The minimum atomic E-state index is -1.16. The van der Waals surface area contributed by atoms with Crippen molar-refractivity contribution >= 4 is 0 Å². The van der Waals surface area contributed by atoms with Crippen molar-refractivity contribution in [3.63, 3.8) is 0 Å². The second-order valence-electron chi connectivity index (χ2n) is 22.2. The minimum absolute atomic E-state index is 0.0446. The van der Waals surface area contributed by atoms with Gasteiger partial charge in [0.2, 0.25) is 0 Å². The van der Waals surface area contributed by atoms with Crippen LogP contribution in [0.1, 0.15) is 44.5 Å². The van der Waals surface area contributed by atoms with Gasteiger partial charge in [0.25, 0.3) is 0 Å². The quantitative estimate of drug-likeness (QED) is 0.0423. The Hall–Kier alpha value is -6.80. The fourth-order valence-electron chi connectivity index (χ4n) is 11.5. The highest BCUT2D eigenvalue weighted by molar-refractivity contribution is 5.20. The molecule has 4 fully saturated rings. The van der Waals surface area contributed by atoms with Crippen LogP contribution in [0.5, 0.6) is 0 Å². The number of ether oxygens (including phenoxy) is 14. The molecule has 4 aliphatic heterocycles. The predicted octanol–water partition coefficient (Wildman–Crippen LogP) is 11.9. The zero-order valence-corrected chi connectivity index (χ0v) is 48.7. The Kier molecular flexibility index (Phi) is 21.8. The molecule has 0 radical (unpaired) electrons. The molecule has 0 spiro atoms. The van der Waals surface area contributed by atoms with Crippen LogP contribution < -0.4 is 0 Å². The van der Waals surface area contributed by atoms with E-state index in [1.807, 2.05) is 243 Å². The summed E-state index contributed by atoms with van der Waals surface area (Å²) in [5, 5.41) is 0. The Bertz CT molecular complexity index is 3190. The summed E-state index contributed by atoms with van der Waals surface area (Å²) < 4.78 is 98.3. The van der Waals surface area contributed by atoms with E-state index >= 15 is 0 Å². The second kappa shape index (κ2) is 31.4. The minimum Gasteiger partial charge on any atom is -0.374 e. The smallest absolute Gasteiger partial charge is 0.187 e. The van der Waals surface area contributed by atoms with E-state index in [9.17, 15) is 0 Å². The highest BCUT2D eigenvalue weighted by Gasteiger charge is 2.58. The van der Waals surface area contributed by atoms with Crippen LogP contribution in [0.3, 0.4) is 0 Å². The van der Waals surface area contributed by atoms with Gasteiger partial charge in [0.1, 0.15) is 67.1 Å². The lowest BCUT2D eigenvalue weighted by Crippen LogP contribution is -2.67. The molecule has 12 rings (SSSR count). The normalized spacial score (nSPS) is 26.9. The maximum atomic E-state index is 7.72. The maximum absolute atomic E-state index is 7.72.